The van der Waals surface area contributed by atoms with E-state index < -0.39 is 10.8 Å². The molecule has 5 unspecified atom stereocenters. The Morgan fingerprint density at radius 2 is 2.13 bits per heavy atom. The predicted molar refractivity (Wildman–Crippen MR) is 58.7 cm³/mol. The van der Waals surface area contributed by atoms with Crippen molar-refractivity contribution in [3.8, 4) is 6.07 Å². The summed E-state index contributed by atoms with van der Waals surface area (Å²) in [6, 6.07) is 2.30. The van der Waals surface area contributed by atoms with Crippen LogP contribution in [-0.2, 0) is 15.5 Å². The molecule has 1 saturated carbocycles. The second-order valence-corrected chi connectivity index (χ2v) is 6.30. The minimum absolute atomic E-state index is 0.0126. The van der Waals surface area contributed by atoms with Gasteiger partial charge in [-0.1, -0.05) is 6.42 Å². The number of rotatable bonds is 2. The highest BCUT2D eigenvalue weighted by molar-refractivity contribution is 7.86. The average molecular weight is 227 g/mol. The number of ether oxygens (including phenoxy) is 1. The molecule has 5 atom stereocenters. The molecular weight excluding hydrogens is 210 g/mol. The van der Waals surface area contributed by atoms with Gasteiger partial charge in [-0.05, 0) is 26.2 Å². The van der Waals surface area contributed by atoms with Gasteiger partial charge in [0, 0.05) is 17.4 Å². The molecule has 1 aliphatic carbocycles. The van der Waals surface area contributed by atoms with Crippen LogP contribution in [0.4, 0.5) is 0 Å². The first-order chi connectivity index (χ1) is 7.24. The molecule has 0 aromatic heterocycles. The molecule has 0 amide bonds. The largest absolute Gasteiger partial charge is 0.377 e. The lowest BCUT2D eigenvalue weighted by molar-refractivity contribution is 0.126. The van der Waals surface area contributed by atoms with Gasteiger partial charge in [-0.15, -0.1) is 0 Å². The zero-order valence-corrected chi connectivity index (χ0v) is 9.83. The Morgan fingerprint density at radius 3 is 2.73 bits per heavy atom. The molecule has 1 aliphatic heterocycles. The number of nitriles is 1. The van der Waals surface area contributed by atoms with E-state index in [9.17, 15) is 4.21 Å². The van der Waals surface area contributed by atoms with E-state index >= 15 is 0 Å². The smallest absolute Gasteiger partial charge is 0.0691 e. The van der Waals surface area contributed by atoms with Crippen LogP contribution in [0.1, 0.15) is 32.6 Å². The summed E-state index contributed by atoms with van der Waals surface area (Å²) in [7, 11) is -0.878. The van der Waals surface area contributed by atoms with Crippen LogP contribution in [0.25, 0.3) is 0 Å². The summed E-state index contributed by atoms with van der Waals surface area (Å²) in [5.74, 6) is 0.0126. The first-order valence-electron chi connectivity index (χ1n) is 5.64. The minimum Gasteiger partial charge on any atom is -0.377 e. The van der Waals surface area contributed by atoms with E-state index in [4.69, 9.17) is 10.00 Å². The first-order valence-corrected chi connectivity index (χ1v) is 6.92. The summed E-state index contributed by atoms with van der Waals surface area (Å²) in [6.45, 7) is 2.72. The van der Waals surface area contributed by atoms with Gasteiger partial charge in [-0.2, -0.15) is 5.26 Å². The standard InChI is InChI=1S/C11H17NO2S/c1-8-10(5-6-14-8)15(13)11-4-2-3-9(11)7-12/h8-11H,2-6H2,1H3. The zero-order chi connectivity index (χ0) is 10.8. The maximum Gasteiger partial charge on any atom is 0.0691 e. The van der Waals surface area contributed by atoms with Gasteiger partial charge in [0.15, 0.2) is 0 Å². The Kier molecular flexibility index (Phi) is 3.42. The molecule has 4 heteroatoms. The fourth-order valence-corrected chi connectivity index (χ4v) is 4.75. The fraction of sp³-hybridized carbons (Fsp3) is 0.909. The van der Waals surface area contributed by atoms with Gasteiger partial charge < -0.3 is 4.74 Å². The summed E-state index contributed by atoms with van der Waals surface area (Å²) in [4.78, 5) is 0. The van der Waals surface area contributed by atoms with Gasteiger partial charge in [0.1, 0.15) is 0 Å². The van der Waals surface area contributed by atoms with Crippen molar-refractivity contribution in [2.75, 3.05) is 6.61 Å². The van der Waals surface area contributed by atoms with Crippen LogP contribution < -0.4 is 0 Å². The monoisotopic (exact) mass is 227 g/mol. The van der Waals surface area contributed by atoms with Gasteiger partial charge in [0.25, 0.3) is 0 Å². The van der Waals surface area contributed by atoms with E-state index in [-0.39, 0.29) is 22.5 Å². The Hall–Kier alpha value is -0.400. The van der Waals surface area contributed by atoms with Gasteiger partial charge in [0.2, 0.25) is 0 Å². The Balaban J connectivity index is 2.04. The van der Waals surface area contributed by atoms with Crippen LogP contribution in [0.5, 0.6) is 0 Å². The highest BCUT2D eigenvalue weighted by atomic mass is 32.2. The van der Waals surface area contributed by atoms with Crippen LogP contribution in [0.3, 0.4) is 0 Å². The third kappa shape index (κ3) is 2.09. The third-order valence-corrected chi connectivity index (χ3v) is 5.90. The molecule has 0 aromatic carbocycles. The molecule has 0 aromatic rings. The van der Waals surface area contributed by atoms with Gasteiger partial charge in [-0.25, -0.2) is 0 Å². The van der Waals surface area contributed by atoms with Crippen LogP contribution in [0.15, 0.2) is 0 Å². The molecule has 3 nitrogen and oxygen atoms in total. The van der Waals surface area contributed by atoms with E-state index in [1.54, 1.807) is 0 Å². The molecule has 84 valence electrons. The normalized spacial score (nSPS) is 42.7. The zero-order valence-electron chi connectivity index (χ0n) is 9.02. The summed E-state index contributed by atoms with van der Waals surface area (Å²) in [6.07, 6.45) is 3.92. The molecule has 0 spiro atoms. The van der Waals surface area contributed by atoms with E-state index in [2.05, 4.69) is 6.07 Å². The van der Waals surface area contributed by atoms with Crippen LogP contribution in [0, 0.1) is 17.2 Å². The number of nitrogens with zero attached hydrogens (tertiary/aromatic N) is 1. The summed E-state index contributed by atoms with van der Waals surface area (Å²) < 4.78 is 17.7. The minimum atomic E-state index is -0.878. The van der Waals surface area contributed by atoms with Crippen molar-refractivity contribution < 1.29 is 8.95 Å². The SMILES string of the molecule is CC1OCCC1S(=O)C1CCCC1C#N. The number of hydrogen-bond acceptors (Lipinski definition) is 3. The Bertz CT molecular complexity index is 299. The molecule has 2 rings (SSSR count). The highest BCUT2D eigenvalue weighted by Crippen LogP contribution is 2.33. The molecule has 2 fully saturated rings. The summed E-state index contributed by atoms with van der Waals surface area (Å²) in [5, 5.41) is 9.24. The van der Waals surface area contributed by atoms with Gasteiger partial charge in [0.05, 0.1) is 28.6 Å². The maximum absolute atomic E-state index is 12.3. The summed E-state index contributed by atoms with van der Waals surface area (Å²) in [5.41, 5.74) is 0. The molecule has 15 heavy (non-hydrogen) atoms. The summed E-state index contributed by atoms with van der Waals surface area (Å²) >= 11 is 0. The second kappa shape index (κ2) is 4.63. The van der Waals surface area contributed by atoms with Crippen molar-refractivity contribution in [1.82, 2.24) is 0 Å². The van der Waals surface area contributed by atoms with E-state index in [1.165, 1.54) is 0 Å². The van der Waals surface area contributed by atoms with Crippen LogP contribution in [-0.4, -0.2) is 27.4 Å². The lowest BCUT2D eigenvalue weighted by Gasteiger charge is -2.20. The van der Waals surface area contributed by atoms with Crippen molar-refractivity contribution in [3.05, 3.63) is 0 Å². The predicted octanol–water partition coefficient (Wildman–Crippen LogP) is 1.60. The third-order valence-electron chi connectivity index (χ3n) is 3.52. The molecule has 0 radical (unpaired) electrons. The highest BCUT2D eigenvalue weighted by Gasteiger charge is 2.39. The van der Waals surface area contributed by atoms with Crippen molar-refractivity contribution in [1.29, 1.82) is 5.26 Å². The molecule has 0 N–H and O–H groups in total. The quantitative estimate of drug-likeness (QED) is 0.720. The molecule has 2 aliphatic rings. The van der Waals surface area contributed by atoms with E-state index in [0.29, 0.717) is 0 Å². The fourth-order valence-electron chi connectivity index (χ4n) is 2.59. The van der Waals surface area contributed by atoms with Crippen LogP contribution in [0.2, 0.25) is 0 Å². The second-order valence-electron chi connectivity index (χ2n) is 4.44. The van der Waals surface area contributed by atoms with Crippen molar-refractivity contribution in [2.24, 2.45) is 5.92 Å². The topological polar surface area (TPSA) is 50.1 Å². The van der Waals surface area contributed by atoms with Crippen molar-refractivity contribution in [2.45, 2.75) is 49.2 Å². The average Bonchev–Trinajstić information content (AvgIpc) is 2.84. The molecule has 1 saturated heterocycles. The van der Waals surface area contributed by atoms with Gasteiger partial charge in [-0.3, -0.25) is 4.21 Å². The molecule has 0 bridgehead atoms. The molecule has 1 heterocycles. The maximum atomic E-state index is 12.3. The van der Waals surface area contributed by atoms with Crippen molar-refractivity contribution >= 4 is 10.8 Å². The Labute approximate surface area is 93.3 Å². The van der Waals surface area contributed by atoms with Crippen LogP contribution >= 0.6 is 0 Å². The van der Waals surface area contributed by atoms with E-state index in [1.807, 2.05) is 6.92 Å². The lowest BCUT2D eigenvalue weighted by Crippen LogP contribution is -2.32. The lowest BCUT2D eigenvalue weighted by atomic mass is 10.1. The number of hydrogen-bond donors (Lipinski definition) is 0. The first kappa shape index (κ1) is 11.1. The molecular formula is C11H17NO2S. The van der Waals surface area contributed by atoms with Gasteiger partial charge >= 0.3 is 0 Å². The van der Waals surface area contributed by atoms with Crippen molar-refractivity contribution in [3.63, 3.8) is 0 Å². The van der Waals surface area contributed by atoms with E-state index in [0.717, 1.165) is 32.3 Å². The Morgan fingerprint density at radius 1 is 1.33 bits per heavy atom.